The maximum atomic E-state index is 10.7. The Balaban J connectivity index is 2.11. The smallest absolute Gasteiger partial charge is 0.123 e. The average molecular weight is 150 g/mol. The fourth-order valence-corrected chi connectivity index (χ4v) is 2.49. The Kier molecular flexibility index (Phi) is 1.80. The van der Waals surface area contributed by atoms with Crippen molar-refractivity contribution < 1.29 is 4.79 Å². The Hall–Kier alpha value is -0.590. The fourth-order valence-electron chi connectivity index (χ4n) is 2.49. The molecule has 0 N–H and O–H groups in total. The number of rotatable bonds is 1. The van der Waals surface area contributed by atoms with Crippen LogP contribution in [0.5, 0.6) is 0 Å². The highest BCUT2D eigenvalue weighted by Crippen LogP contribution is 2.40. The van der Waals surface area contributed by atoms with Crippen molar-refractivity contribution in [3.8, 4) is 0 Å². The fraction of sp³-hybridized carbons (Fsp3) is 0.700. The Labute approximate surface area is 67.5 Å². The summed E-state index contributed by atoms with van der Waals surface area (Å²) >= 11 is 0. The minimum absolute atomic E-state index is 0.340. The molecule has 0 saturated heterocycles. The molecule has 2 aliphatic rings. The van der Waals surface area contributed by atoms with E-state index >= 15 is 0 Å². The quantitative estimate of drug-likeness (QED) is 0.413. The van der Waals surface area contributed by atoms with Crippen molar-refractivity contribution in [2.75, 3.05) is 0 Å². The number of fused-ring (bicyclic) bond motifs is 1. The van der Waals surface area contributed by atoms with E-state index in [0.717, 1.165) is 18.6 Å². The number of aldehydes is 1. The number of hydrogen-bond acceptors (Lipinski definition) is 1. The van der Waals surface area contributed by atoms with Crippen LogP contribution in [0, 0.1) is 17.8 Å². The van der Waals surface area contributed by atoms with Crippen molar-refractivity contribution >= 4 is 6.29 Å². The van der Waals surface area contributed by atoms with E-state index in [-0.39, 0.29) is 0 Å². The molecule has 11 heavy (non-hydrogen) atoms. The highest BCUT2D eigenvalue weighted by molar-refractivity contribution is 5.55. The molecule has 60 valence electrons. The summed E-state index contributed by atoms with van der Waals surface area (Å²) in [6.45, 7) is 0. The Bertz CT molecular complexity index is 183. The third-order valence-corrected chi connectivity index (χ3v) is 3.12. The van der Waals surface area contributed by atoms with Crippen LogP contribution in [0.4, 0.5) is 0 Å². The maximum absolute atomic E-state index is 10.7. The Morgan fingerprint density at radius 1 is 1.36 bits per heavy atom. The van der Waals surface area contributed by atoms with Gasteiger partial charge in [-0.2, -0.15) is 0 Å². The van der Waals surface area contributed by atoms with E-state index < -0.39 is 0 Å². The summed E-state index contributed by atoms with van der Waals surface area (Å²) < 4.78 is 0. The summed E-state index contributed by atoms with van der Waals surface area (Å²) in [6.07, 6.45) is 10.6. The maximum Gasteiger partial charge on any atom is 0.123 e. The summed E-state index contributed by atoms with van der Waals surface area (Å²) in [6, 6.07) is 0. The first-order valence-electron chi connectivity index (χ1n) is 4.54. The van der Waals surface area contributed by atoms with E-state index in [9.17, 15) is 4.79 Å². The normalized spacial score (nSPS) is 42.0. The highest BCUT2D eigenvalue weighted by Gasteiger charge is 2.32. The molecule has 0 aromatic carbocycles. The van der Waals surface area contributed by atoms with Gasteiger partial charge < -0.3 is 4.79 Å². The van der Waals surface area contributed by atoms with Crippen LogP contribution < -0.4 is 0 Å². The molecule has 3 unspecified atom stereocenters. The van der Waals surface area contributed by atoms with Crippen LogP contribution in [0.25, 0.3) is 0 Å². The molecule has 0 bridgehead atoms. The minimum atomic E-state index is 0.340. The summed E-state index contributed by atoms with van der Waals surface area (Å²) in [7, 11) is 0. The molecule has 2 rings (SSSR count). The van der Waals surface area contributed by atoms with Gasteiger partial charge in [-0.25, -0.2) is 0 Å². The predicted octanol–water partition coefficient (Wildman–Crippen LogP) is 2.18. The molecule has 0 amide bonds. The SMILES string of the molecule is O=CC1CCCC2CC=CC12. The number of hydrogen-bond donors (Lipinski definition) is 0. The second-order valence-electron chi connectivity index (χ2n) is 3.73. The zero-order valence-corrected chi connectivity index (χ0v) is 6.70. The first-order valence-corrected chi connectivity index (χ1v) is 4.54. The van der Waals surface area contributed by atoms with Gasteiger partial charge in [0.1, 0.15) is 6.29 Å². The average Bonchev–Trinajstić information content (AvgIpc) is 2.50. The highest BCUT2D eigenvalue weighted by atomic mass is 16.1. The standard InChI is InChI=1S/C10H14O/c11-7-9-5-1-3-8-4-2-6-10(8)9/h2,6-10H,1,3-5H2. The molecular weight excluding hydrogens is 136 g/mol. The van der Waals surface area contributed by atoms with Crippen LogP contribution in [-0.2, 0) is 4.79 Å². The van der Waals surface area contributed by atoms with E-state index in [1.807, 2.05) is 0 Å². The van der Waals surface area contributed by atoms with E-state index in [2.05, 4.69) is 12.2 Å². The topological polar surface area (TPSA) is 17.1 Å². The molecular formula is C10H14O. The van der Waals surface area contributed by atoms with Crippen molar-refractivity contribution in [3.63, 3.8) is 0 Å². The molecule has 0 radical (unpaired) electrons. The second kappa shape index (κ2) is 2.80. The lowest BCUT2D eigenvalue weighted by Gasteiger charge is -2.29. The molecule has 1 nitrogen and oxygen atoms in total. The first-order chi connectivity index (χ1) is 5.42. The predicted molar refractivity (Wildman–Crippen MR) is 44.1 cm³/mol. The van der Waals surface area contributed by atoms with Gasteiger partial charge in [0.15, 0.2) is 0 Å². The summed E-state index contributed by atoms with van der Waals surface area (Å²) in [5, 5.41) is 0. The molecule has 0 aliphatic heterocycles. The first kappa shape index (κ1) is 7.08. The molecule has 2 aliphatic carbocycles. The van der Waals surface area contributed by atoms with Gasteiger partial charge in [0.2, 0.25) is 0 Å². The van der Waals surface area contributed by atoms with Gasteiger partial charge in [0.05, 0.1) is 0 Å². The van der Waals surface area contributed by atoms with Gasteiger partial charge in [0, 0.05) is 5.92 Å². The van der Waals surface area contributed by atoms with E-state index in [1.165, 1.54) is 19.3 Å². The van der Waals surface area contributed by atoms with Crippen molar-refractivity contribution in [1.29, 1.82) is 0 Å². The lowest BCUT2D eigenvalue weighted by Crippen LogP contribution is -2.24. The van der Waals surface area contributed by atoms with Gasteiger partial charge in [-0.1, -0.05) is 18.6 Å². The molecule has 0 aromatic heterocycles. The lowest BCUT2D eigenvalue weighted by atomic mass is 9.74. The monoisotopic (exact) mass is 150 g/mol. The Morgan fingerprint density at radius 2 is 2.27 bits per heavy atom. The summed E-state index contributed by atoms with van der Waals surface area (Å²) in [5.41, 5.74) is 0. The second-order valence-corrected chi connectivity index (χ2v) is 3.73. The van der Waals surface area contributed by atoms with Gasteiger partial charge in [-0.3, -0.25) is 0 Å². The van der Waals surface area contributed by atoms with Crippen LogP contribution in [0.2, 0.25) is 0 Å². The summed E-state index contributed by atoms with van der Waals surface area (Å²) in [4.78, 5) is 10.7. The van der Waals surface area contributed by atoms with Gasteiger partial charge in [0.25, 0.3) is 0 Å². The number of carbonyl (C=O) groups is 1. The zero-order chi connectivity index (χ0) is 7.68. The third kappa shape index (κ3) is 1.13. The molecule has 0 aromatic rings. The van der Waals surface area contributed by atoms with Crippen molar-refractivity contribution in [1.82, 2.24) is 0 Å². The molecule has 1 saturated carbocycles. The molecule has 3 atom stereocenters. The van der Waals surface area contributed by atoms with Crippen LogP contribution in [0.1, 0.15) is 25.7 Å². The van der Waals surface area contributed by atoms with E-state index in [4.69, 9.17) is 0 Å². The third-order valence-electron chi connectivity index (χ3n) is 3.12. The lowest BCUT2D eigenvalue weighted by molar-refractivity contribution is -0.113. The summed E-state index contributed by atoms with van der Waals surface area (Å²) in [5.74, 6) is 1.74. The Morgan fingerprint density at radius 3 is 3.09 bits per heavy atom. The van der Waals surface area contributed by atoms with E-state index in [1.54, 1.807) is 0 Å². The molecule has 0 heterocycles. The number of carbonyl (C=O) groups excluding carboxylic acids is 1. The van der Waals surface area contributed by atoms with Gasteiger partial charge in [-0.15, -0.1) is 0 Å². The molecule has 0 spiro atoms. The van der Waals surface area contributed by atoms with Crippen molar-refractivity contribution in [3.05, 3.63) is 12.2 Å². The molecule has 1 heteroatoms. The van der Waals surface area contributed by atoms with Crippen LogP contribution in [0.3, 0.4) is 0 Å². The minimum Gasteiger partial charge on any atom is -0.303 e. The number of allylic oxidation sites excluding steroid dienone is 2. The van der Waals surface area contributed by atoms with Gasteiger partial charge in [-0.05, 0) is 31.1 Å². The largest absolute Gasteiger partial charge is 0.303 e. The van der Waals surface area contributed by atoms with Crippen LogP contribution in [0.15, 0.2) is 12.2 Å². The van der Waals surface area contributed by atoms with Crippen molar-refractivity contribution in [2.45, 2.75) is 25.7 Å². The van der Waals surface area contributed by atoms with Crippen molar-refractivity contribution in [2.24, 2.45) is 17.8 Å². The van der Waals surface area contributed by atoms with E-state index in [0.29, 0.717) is 11.8 Å². The zero-order valence-electron chi connectivity index (χ0n) is 6.70. The molecule has 1 fully saturated rings. The van der Waals surface area contributed by atoms with Gasteiger partial charge >= 0.3 is 0 Å². The van der Waals surface area contributed by atoms with Crippen LogP contribution >= 0.6 is 0 Å². The van der Waals surface area contributed by atoms with Crippen LogP contribution in [-0.4, -0.2) is 6.29 Å².